The highest BCUT2D eigenvalue weighted by molar-refractivity contribution is 6.31. The van der Waals surface area contributed by atoms with Crippen molar-refractivity contribution in [3.05, 3.63) is 23.5 Å². The van der Waals surface area contributed by atoms with E-state index in [1.807, 2.05) is 0 Å². The Bertz CT molecular complexity index is 160. The molecule has 2 N–H and O–H groups in total. The van der Waals surface area contributed by atoms with Gasteiger partial charge in [0, 0.05) is 0 Å². The first-order valence-electron chi connectivity index (χ1n) is 2.29. The number of carbonyl (C=O) groups excluding carboxylic acids is 1. The molecule has 0 bridgehead atoms. The lowest BCUT2D eigenvalue weighted by atomic mass is 10.8. The van der Waals surface area contributed by atoms with Crippen molar-refractivity contribution in [1.29, 1.82) is 0 Å². The van der Waals surface area contributed by atoms with E-state index in [0.717, 1.165) is 0 Å². The Morgan fingerprint density at radius 3 is 1.60 bits per heavy atom. The van der Waals surface area contributed by atoms with Crippen molar-refractivity contribution in [3.8, 4) is 0 Å². The third kappa shape index (κ3) is 5.47. The summed E-state index contributed by atoms with van der Waals surface area (Å²) in [6.07, 6.45) is 0. The van der Waals surface area contributed by atoms with E-state index in [-0.39, 0.29) is 10.3 Å². The van der Waals surface area contributed by atoms with Crippen molar-refractivity contribution in [2.24, 2.45) is 0 Å². The van der Waals surface area contributed by atoms with Gasteiger partial charge in [-0.15, -0.1) is 0 Å². The van der Waals surface area contributed by atoms with Crippen LogP contribution < -0.4 is 10.6 Å². The van der Waals surface area contributed by atoms with E-state index >= 15 is 0 Å². The summed E-state index contributed by atoms with van der Waals surface area (Å²) >= 11 is 10.4. The molecule has 0 aromatic rings. The zero-order valence-electron chi connectivity index (χ0n) is 5.08. The molecule has 0 aliphatic carbocycles. The molecule has 0 radical (unpaired) electrons. The number of hydrogen-bond donors (Lipinski definition) is 2. The van der Waals surface area contributed by atoms with Crippen LogP contribution >= 0.6 is 23.2 Å². The normalized spacial score (nSPS) is 8.20. The van der Waals surface area contributed by atoms with Gasteiger partial charge in [0.25, 0.3) is 0 Å². The van der Waals surface area contributed by atoms with Crippen LogP contribution in [0.3, 0.4) is 0 Å². The van der Waals surface area contributed by atoms with Crippen LogP contribution in [-0.4, -0.2) is 6.03 Å². The summed E-state index contributed by atoms with van der Waals surface area (Å²) in [5, 5.41) is 4.35. The molecule has 0 aliphatic heterocycles. The molecule has 56 valence electrons. The molecule has 0 aliphatic rings. The van der Waals surface area contributed by atoms with Gasteiger partial charge in [-0.3, -0.25) is 10.6 Å². The molecule has 0 aromatic carbocycles. The van der Waals surface area contributed by atoms with Crippen LogP contribution in [0.25, 0.3) is 0 Å². The molecule has 5 heteroatoms. The summed E-state index contributed by atoms with van der Waals surface area (Å²) in [4.78, 5) is 10.6. The highest BCUT2D eigenvalue weighted by atomic mass is 35.5. The largest absolute Gasteiger partial charge is 0.324 e. The van der Waals surface area contributed by atoms with E-state index in [9.17, 15) is 4.79 Å². The lowest BCUT2D eigenvalue weighted by Gasteiger charge is -2.01. The van der Waals surface area contributed by atoms with Crippen molar-refractivity contribution < 1.29 is 4.79 Å². The molecule has 10 heavy (non-hydrogen) atoms. The van der Waals surface area contributed by atoms with E-state index in [4.69, 9.17) is 23.2 Å². The van der Waals surface area contributed by atoms with Gasteiger partial charge < -0.3 is 0 Å². The second-order valence-corrected chi connectivity index (χ2v) is 2.30. The molecular formula is C5H6Cl2N2O. The number of urea groups is 1. The Balaban J connectivity index is 3.65. The second-order valence-electron chi connectivity index (χ2n) is 1.39. The number of hydrogen-bond acceptors (Lipinski definition) is 1. The fourth-order valence-corrected chi connectivity index (χ4v) is 0.449. The first kappa shape index (κ1) is 9.33. The molecule has 0 unspecified atom stereocenters. The number of halogens is 2. The topological polar surface area (TPSA) is 41.1 Å². The summed E-state index contributed by atoms with van der Waals surface area (Å²) in [5.41, 5.74) is 0. The molecule has 0 rings (SSSR count). The van der Waals surface area contributed by atoms with Crippen molar-refractivity contribution >= 4 is 29.2 Å². The molecular weight excluding hydrogens is 175 g/mol. The maximum Gasteiger partial charge on any atom is 0.324 e. The van der Waals surface area contributed by atoms with Crippen molar-refractivity contribution in [3.63, 3.8) is 0 Å². The average Bonchev–Trinajstić information content (AvgIpc) is 1.58. The highest BCUT2D eigenvalue weighted by Crippen LogP contribution is 1.92. The lowest BCUT2D eigenvalue weighted by Crippen LogP contribution is -2.31. The van der Waals surface area contributed by atoms with Gasteiger partial charge in [-0.05, 0) is 0 Å². The Labute approximate surface area is 68.7 Å². The number of carbonyl (C=O) groups is 1. The molecule has 0 heterocycles. The van der Waals surface area contributed by atoms with Gasteiger partial charge in [-0.2, -0.15) is 0 Å². The Morgan fingerprint density at radius 1 is 1.10 bits per heavy atom. The van der Waals surface area contributed by atoms with E-state index in [0.29, 0.717) is 0 Å². The van der Waals surface area contributed by atoms with Gasteiger partial charge in [-0.25, -0.2) is 4.79 Å². The van der Waals surface area contributed by atoms with E-state index in [2.05, 4.69) is 23.8 Å². The van der Waals surface area contributed by atoms with Gasteiger partial charge in [0.1, 0.15) is 10.3 Å². The Hall–Kier alpha value is -0.670. The average molecular weight is 181 g/mol. The summed E-state index contributed by atoms with van der Waals surface area (Å²) in [6.45, 7) is 6.45. The van der Waals surface area contributed by atoms with Crippen LogP contribution in [0.1, 0.15) is 0 Å². The van der Waals surface area contributed by atoms with Gasteiger partial charge in [0.2, 0.25) is 0 Å². The molecule has 0 saturated carbocycles. The lowest BCUT2D eigenvalue weighted by molar-refractivity contribution is 0.247. The molecule has 2 amide bonds. The highest BCUT2D eigenvalue weighted by Gasteiger charge is 1.98. The number of amides is 2. The van der Waals surface area contributed by atoms with Gasteiger partial charge in [0.15, 0.2) is 0 Å². The molecule has 0 fully saturated rings. The first-order valence-corrected chi connectivity index (χ1v) is 3.05. The van der Waals surface area contributed by atoms with Crippen LogP contribution in [0.15, 0.2) is 23.5 Å². The van der Waals surface area contributed by atoms with E-state index < -0.39 is 6.03 Å². The molecule has 0 saturated heterocycles. The predicted octanol–water partition coefficient (Wildman–Crippen LogP) is 1.71. The number of nitrogens with one attached hydrogen (secondary N) is 2. The fraction of sp³-hybridized carbons (Fsp3) is 0. The standard InChI is InChI=1S/C5H6Cl2N2O/c1-3(6)8-5(10)9-4(2)7/h1-2H2,(H2,8,9,10). The molecule has 0 atom stereocenters. The summed E-state index contributed by atoms with van der Waals surface area (Å²) in [7, 11) is 0. The van der Waals surface area contributed by atoms with Gasteiger partial charge >= 0.3 is 6.03 Å². The molecule has 0 aromatic heterocycles. The third-order valence-corrected chi connectivity index (χ3v) is 0.687. The van der Waals surface area contributed by atoms with Gasteiger partial charge in [-0.1, -0.05) is 36.4 Å². The van der Waals surface area contributed by atoms with E-state index in [1.54, 1.807) is 0 Å². The van der Waals surface area contributed by atoms with Crippen LogP contribution in [0, 0.1) is 0 Å². The second kappa shape index (κ2) is 4.19. The van der Waals surface area contributed by atoms with Crippen molar-refractivity contribution in [2.75, 3.05) is 0 Å². The maximum absolute atomic E-state index is 10.6. The quantitative estimate of drug-likeness (QED) is 0.625. The van der Waals surface area contributed by atoms with Crippen molar-refractivity contribution in [2.45, 2.75) is 0 Å². The fourth-order valence-electron chi connectivity index (χ4n) is 0.278. The van der Waals surface area contributed by atoms with Crippen LogP contribution in [0.2, 0.25) is 0 Å². The molecule has 0 spiro atoms. The summed E-state index contributed by atoms with van der Waals surface area (Å²) < 4.78 is 0. The smallest absolute Gasteiger partial charge is 0.298 e. The minimum absolute atomic E-state index is 0.0235. The molecule has 3 nitrogen and oxygen atoms in total. The minimum Gasteiger partial charge on any atom is -0.298 e. The Morgan fingerprint density at radius 2 is 1.40 bits per heavy atom. The predicted molar refractivity (Wildman–Crippen MR) is 41.7 cm³/mol. The van der Waals surface area contributed by atoms with Crippen molar-refractivity contribution in [1.82, 2.24) is 10.6 Å². The summed E-state index contributed by atoms with van der Waals surface area (Å²) in [6, 6.07) is -0.556. The number of rotatable bonds is 2. The van der Waals surface area contributed by atoms with Crippen LogP contribution in [0.4, 0.5) is 4.79 Å². The monoisotopic (exact) mass is 180 g/mol. The first-order chi connectivity index (χ1) is 4.52. The SMILES string of the molecule is C=C(Cl)NC(=O)NC(=C)Cl. The zero-order chi connectivity index (χ0) is 8.15. The van der Waals surface area contributed by atoms with Crippen LogP contribution in [0.5, 0.6) is 0 Å². The zero-order valence-corrected chi connectivity index (χ0v) is 6.59. The van der Waals surface area contributed by atoms with Crippen LogP contribution in [-0.2, 0) is 0 Å². The minimum atomic E-state index is -0.556. The third-order valence-electron chi connectivity index (χ3n) is 0.498. The Kier molecular flexibility index (Phi) is 3.91. The van der Waals surface area contributed by atoms with Gasteiger partial charge in [0.05, 0.1) is 0 Å². The maximum atomic E-state index is 10.6. The summed E-state index contributed by atoms with van der Waals surface area (Å²) in [5.74, 6) is 0. The van der Waals surface area contributed by atoms with E-state index in [1.165, 1.54) is 0 Å².